The van der Waals surface area contributed by atoms with Gasteiger partial charge in [0.05, 0.1) is 13.2 Å². The molecule has 2 saturated heterocycles. The van der Waals surface area contributed by atoms with Gasteiger partial charge in [-0.25, -0.2) is 0 Å². The number of hydrogen-bond donors (Lipinski definition) is 2. The molecule has 0 saturated carbocycles. The molecule has 2 aliphatic heterocycles. The van der Waals surface area contributed by atoms with E-state index in [4.69, 9.17) is 9.47 Å². The van der Waals surface area contributed by atoms with Crippen LogP contribution in [0.25, 0.3) is 0 Å². The summed E-state index contributed by atoms with van der Waals surface area (Å²) < 4.78 is 10.4. The molecule has 2 fully saturated rings. The van der Waals surface area contributed by atoms with Crippen LogP contribution >= 0.6 is 0 Å². The minimum atomic E-state index is -1.12. The fourth-order valence-corrected chi connectivity index (χ4v) is 1.71. The fourth-order valence-electron chi connectivity index (χ4n) is 1.71. The fraction of sp³-hybridized carbons (Fsp3) is 0.750. The molecule has 2 rings (SSSR count). The van der Waals surface area contributed by atoms with E-state index in [1.165, 1.54) is 6.08 Å². The van der Waals surface area contributed by atoms with Crippen LogP contribution in [0.3, 0.4) is 0 Å². The van der Waals surface area contributed by atoms with Crippen molar-refractivity contribution in [2.24, 2.45) is 0 Å². The zero-order chi connectivity index (χ0) is 8.77. The first kappa shape index (κ1) is 8.19. The predicted molar refractivity (Wildman–Crippen MR) is 40.6 cm³/mol. The summed E-state index contributed by atoms with van der Waals surface area (Å²) in [6, 6.07) is 0. The Balaban J connectivity index is 2.20. The van der Waals surface area contributed by atoms with Crippen molar-refractivity contribution in [3.63, 3.8) is 0 Å². The molecule has 0 aromatic rings. The van der Waals surface area contributed by atoms with Crippen molar-refractivity contribution >= 4 is 0 Å². The molecule has 2 N–H and O–H groups in total. The third-order valence-corrected chi connectivity index (χ3v) is 2.48. The Kier molecular flexibility index (Phi) is 1.73. The Hall–Kier alpha value is -0.420. The molecule has 0 bridgehead atoms. The molecule has 0 aromatic heterocycles. The maximum absolute atomic E-state index is 9.81. The lowest BCUT2D eigenvalue weighted by Crippen LogP contribution is -2.41. The summed E-state index contributed by atoms with van der Waals surface area (Å²) in [5, 5.41) is 19.1. The molecule has 4 nitrogen and oxygen atoms in total. The van der Waals surface area contributed by atoms with E-state index >= 15 is 0 Å². The van der Waals surface area contributed by atoms with Crippen molar-refractivity contribution in [2.75, 3.05) is 13.2 Å². The summed E-state index contributed by atoms with van der Waals surface area (Å²) in [4.78, 5) is 0. The second-order valence-electron chi connectivity index (χ2n) is 3.29. The van der Waals surface area contributed by atoms with Gasteiger partial charge in [-0.1, -0.05) is 6.08 Å². The van der Waals surface area contributed by atoms with Gasteiger partial charge in [-0.2, -0.15) is 0 Å². The number of aliphatic hydroxyl groups is 2. The van der Waals surface area contributed by atoms with Crippen LogP contribution in [-0.4, -0.2) is 47.3 Å². The van der Waals surface area contributed by atoms with Crippen molar-refractivity contribution in [3.05, 3.63) is 12.7 Å². The number of rotatable bonds is 1. The van der Waals surface area contributed by atoms with Gasteiger partial charge >= 0.3 is 0 Å². The first-order chi connectivity index (χ1) is 5.67. The van der Waals surface area contributed by atoms with Gasteiger partial charge in [0, 0.05) is 0 Å². The average molecular weight is 172 g/mol. The Labute approximate surface area is 70.4 Å². The molecule has 0 aliphatic carbocycles. The van der Waals surface area contributed by atoms with Gasteiger partial charge in [-0.3, -0.25) is 0 Å². The maximum Gasteiger partial charge on any atom is 0.134 e. The van der Waals surface area contributed by atoms with Gasteiger partial charge in [0.2, 0.25) is 0 Å². The lowest BCUT2D eigenvalue weighted by Gasteiger charge is -2.21. The number of aliphatic hydroxyl groups excluding tert-OH is 1. The first-order valence-electron chi connectivity index (χ1n) is 3.94. The predicted octanol–water partition coefficient (Wildman–Crippen LogP) is -0.938. The summed E-state index contributed by atoms with van der Waals surface area (Å²) in [5.41, 5.74) is -1.12. The highest BCUT2D eigenvalue weighted by atomic mass is 16.6. The van der Waals surface area contributed by atoms with Crippen molar-refractivity contribution in [1.29, 1.82) is 0 Å². The monoisotopic (exact) mass is 172 g/mol. The normalized spacial score (nSPS) is 52.3. The van der Waals surface area contributed by atoms with Crippen molar-refractivity contribution in [3.8, 4) is 0 Å². The molecule has 0 aromatic carbocycles. The summed E-state index contributed by atoms with van der Waals surface area (Å²) in [5.74, 6) is 0. The van der Waals surface area contributed by atoms with E-state index in [-0.39, 0.29) is 13.2 Å². The third-order valence-electron chi connectivity index (χ3n) is 2.48. The highest BCUT2D eigenvalue weighted by Crippen LogP contribution is 2.34. The SMILES string of the molecule is C=C[C@@]1(O)CO[C@@H]2[C@H](O)CO[C@@H]21. The molecule has 4 heteroatoms. The summed E-state index contributed by atoms with van der Waals surface area (Å²) in [6.07, 6.45) is -0.0580. The third kappa shape index (κ3) is 0.927. The Morgan fingerprint density at radius 1 is 1.50 bits per heavy atom. The summed E-state index contributed by atoms with van der Waals surface area (Å²) in [6.45, 7) is 3.89. The van der Waals surface area contributed by atoms with Gasteiger partial charge in [0.25, 0.3) is 0 Å². The molecule has 2 heterocycles. The van der Waals surface area contributed by atoms with Crippen LogP contribution < -0.4 is 0 Å². The van der Waals surface area contributed by atoms with Crippen molar-refractivity contribution < 1.29 is 19.7 Å². The van der Waals surface area contributed by atoms with Gasteiger partial charge in [-0.15, -0.1) is 6.58 Å². The van der Waals surface area contributed by atoms with E-state index in [9.17, 15) is 10.2 Å². The zero-order valence-corrected chi connectivity index (χ0v) is 6.64. The molecule has 0 unspecified atom stereocenters. The van der Waals surface area contributed by atoms with Gasteiger partial charge in [0.15, 0.2) is 0 Å². The first-order valence-corrected chi connectivity index (χ1v) is 3.94. The Bertz CT molecular complexity index is 205. The number of fused-ring (bicyclic) bond motifs is 1. The van der Waals surface area contributed by atoms with Gasteiger partial charge < -0.3 is 19.7 Å². The van der Waals surface area contributed by atoms with Crippen LogP contribution in [0, 0.1) is 0 Å². The van der Waals surface area contributed by atoms with Gasteiger partial charge in [0.1, 0.15) is 23.9 Å². The molecule has 12 heavy (non-hydrogen) atoms. The number of ether oxygens (including phenoxy) is 2. The van der Waals surface area contributed by atoms with Crippen LogP contribution in [0.5, 0.6) is 0 Å². The largest absolute Gasteiger partial charge is 0.388 e. The average Bonchev–Trinajstić information content (AvgIpc) is 2.57. The summed E-state index contributed by atoms with van der Waals surface area (Å²) >= 11 is 0. The van der Waals surface area contributed by atoms with Crippen LogP contribution in [0.2, 0.25) is 0 Å². The van der Waals surface area contributed by atoms with Crippen LogP contribution in [0.1, 0.15) is 0 Å². The van der Waals surface area contributed by atoms with Crippen LogP contribution in [-0.2, 0) is 9.47 Å². The molecular formula is C8H12O4. The van der Waals surface area contributed by atoms with E-state index < -0.39 is 23.9 Å². The van der Waals surface area contributed by atoms with E-state index in [2.05, 4.69) is 6.58 Å². The Morgan fingerprint density at radius 3 is 2.92 bits per heavy atom. The molecule has 0 spiro atoms. The molecule has 2 aliphatic rings. The second-order valence-corrected chi connectivity index (χ2v) is 3.29. The highest BCUT2D eigenvalue weighted by Gasteiger charge is 2.54. The summed E-state index contributed by atoms with van der Waals surface area (Å²) in [7, 11) is 0. The smallest absolute Gasteiger partial charge is 0.134 e. The minimum Gasteiger partial charge on any atom is -0.388 e. The molecular weight excluding hydrogens is 160 g/mol. The lowest BCUT2D eigenvalue weighted by atomic mass is 9.96. The molecule has 4 atom stereocenters. The van der Waals surface area contributed by atoms with E-state index in [0.29, 0.717) is 0 Å². The van der Waals surface area contributed by atoms with E-state index in [0.717, 1.165) is 0 Å². The van der Waals surface area contributed by atoms with Crippen molar-refractivity contribution in [1.82, 2.24) is 0 Å². The maximum atomic E-state index is 9.81. The molecule has 0 radical (unpaired) electrons. The standard InChI is InChI=1S/C8H12O4/c1-2-8(10)4-12-6-5(9)3-11-7(6)8/h2,5-7,9-10H,1,3-4H2/t5-,6-,7+,8-/m1/s1. The van der Waals surface area contributed by atoms with E-state index in [1.807, 2.05) is 0 Å². The topological polar surface area (TPSA) is 58.9 Å². The number of hydrogen-bond acceptors (Lipinski definition) is 4. The highest BCUT2D eigenvalue weighted by molar-refractivity contribution is 5.12. The quantitative estimate of drug-likeness (QED) is 0.501. The molecule has 0 amide bonds. The zero-order valence-electron chi connectivity index (χ0n) is 6.64. The van der Waals surface area contributed by atoms with Crippen LogP contribution in [0.4, 0.5) is 0 Å². The Morgan fingerprint density at radius 2 is 2.25 bits per heavy atom. The minimum absolute atomic E-state index is 0.156. The lowest BCUT2D eigenvalue weighted by molar-refractivity contribution is -0.0383. The van der Waals surface area contributed by atoms with Crippen LogP contribution in [0.15, 0.2) is 12.7 Å². The molecule has 68 valence electrons. The van der Waals surface area contributed by atoms with Gasteiger partial charge in [-0.05, 0) is 0 Å². The second kappa shape index (κ2) is 2.53. The van der Waals surface area contributed by atoms with E-state index in [1.54, 1.807) is 0 Å². The van der Waals surface area contributed by atoms with Crippen molar-refractivity contribution in [2.45, 2.75) is 23.9 Å².